The van der Waals surface area contributed by atoms with Gasteiger partial charge in [0, 0.05) is 49.4 Å². The minimum absolute atomic E-state index is 0.0139. The fraction of sp³-hybridized carbons (Fsp3) is 0.100. The van der Waals surface area contributed by atoms with Crippen molar-refractivity contribution >= 4 is 112 Å². The summed E-state index contributed by atoms with van der Waals surface area (Å²) in [5.74, 6) is 0. The zero-order valence-electron chi connectivity index (χ0n) is 37.6. The van der Waals surface area contributed by atoms with E-state index in [-0.39, 0.29) is 13.4 Å². The van der Waals surface area contributed by atoms with Gasteiger partial charge in [0.1, 0.15) is 0 Å². The lowest BCUT2D eigenvalue weighted by Crippen LogP contribution is -2.64. The fourth-order valence-corrected chi connectivity index (χ4v) is 13.3. The molecule has 9 aromatic carbocycles. The quantitative estimate of drug-likeness (QED) is 0.157. The predicted octanol–water partition coefficient (Wildman–Crippen LogP) is 10.5. The number of aryl methyl sites for hydroxylation is 6. The molecule has 5 heteroatoms. The lowest BCUT2D eigenvalue weighted by atomic mass is 9.30. The Bertz CT molecular complexity index is 3770. The van der Waals surface area contributed by atoms with Crippen molar-refractivity contribution in [3.63, 3.8) is 0 Å². The number of aromatic nitrogens is 3. The van der Waals surface area contributed by atoms with E-state index in [9.17, 15) is 0 Å². The molecule has 5 heterocycles. The molecule has 0 saturated heterocycles. The van der Waals surface area contributed by atoms with Crippen LogP contribution >= 0.6 is 0 Å². The standard InChI is InChI=1S/C60H45B2N3/c1-34-28-36(3)56(37(4)29-34)61-44-24-17-25-45-58(44)65-59-46(61)32-50-52(42-22-13-15-26-48(42)63(50)40-18-9-7-10-19-40)54(59)55-53-43-23-14-16-27-49(43)64(41-20-11-8-12-21-41)51(53)33-47(60(55)65)62(45)57-38(5)30-35(2)31-39(57)6/h7-33H,1-6H3. The molecule has 0 radical (unpaired) electrons. The average Bonchev–Trinajstić information content (AvgIpc) is 3.95. The van der Waals surface area contributed by atoms with E-state index in [4.69, 9.17) is 0 Å². The molecule has 3 aromatic heterocycles. The topological polar surface area (TPSA) is 14.8 Å². The van der Waals surface area contributed by atoms with E-state index in [1.165, 1.54) is 149 Å². The molecule has 0 N–H and O–H groups in total. The SMILES string of the molecule is Cc1cc(C)c(B2c3cccc4c3-n3c5c2cc2c(c6ccccc6n2-c2ccccc2)c5c2c5c6ccccc6n(-c6ccccc6)c5cc(c23)B4c2c(C)cc(C)cc2C)c(C)c1. The number of fused-ring (bicyclic) bond motifs is 9. The fourth-order valence-electron chi connectivity index (χ4n) is 13.3. The number of benzene rings is 9. The summed E-state index contributed by atoms with van der Waals surface area (Å²) in [6.07, 6.45) is 0. The number of nitrogens with zero attached hydrogens (tertiary/aromatic N) is 3. The molecule has 0 aliphatic carbocycles. The highest BCUT2D eigenvalue weighted by Crippen LogP contribution is 2.47. The van der Waals surface area contributed by atoms with E-state index < -0.39 is 0 Å². The summed E-state index contributed by atoms with van der Waals surface area (Å²) in [4.78, 5) is 0. The zero-order chi connectivity index (χ0) is 43.6. The largest absolute Gasteiger partial charge is 0.311 e. The Morgan fingerprint density at radius 3 is 1.12 bits per heavy atom. The van der Waals surface area contributed by atoms with Crippen molar-refractivity contribution in [2.24, 2.45) is 0 Å². The van der Waals surface area contributed by atoms with E-state index in [2.05, 4.69) is 219 Å². The third kappa shape index (κ3) is 4.73. The lowest BCUT2D eigenvalue weighted by Gasteiger charge is -2.36. The van der Waals surface area contributed by atoms with Crippen molar-refractivity contribution in [1.29, 1.82) is 0 Å². The average molecular weight is 830 g/mol. The van der Waals surface area contributed by atoms with Crippen LogP contribution < -0.4 is 32.8 Å². The molecule has 12 aromatic rings. The normalized spacial score (nSPS) is 13.0. The van der Waals surface area contributed by atoms with Gasteiger partial charge < -0.3 is 13.7 Å². The smallest absolute Gasteiger partial charge is 0.247 e. The number of hydrogen-bond acceptors (Lipinski definition) is 0. The van der Waals surface area contributed by atoms with Crippen LogP contribution in [0.25, 0.3) is 82.5 Å². The van der Waals surface area contributed by atoms with Crippen molar-refractivity contribution in [2.75, 3.05) is 0 Å². The molecular formula is C60H45B2N3. The molecule has 0 atom stereocenters. The van der Waals surface area contributed by atoms with Crippen LogP contribution in [0.4, 0.5) is 0 Å². The van der Waals surface area contributed by atoms with Gasteiger partial charge in [0.15, 0.2) is 0 Å². The first-order valence-electron chi connectivity index (χ1n) is 23.2. The van der Waals surface area contributed by atoms with Crippen LogP contribution in [0, 0.1) is 41.5 Å². The van der Waals surface area contributed by atoms with Crippen LogP contribution in [-0.2, 0) is 0 Å². The Balaban J connectivity index is 1.32. The van der Waals surface area contributed by atoms with Gasteiger partial charge in [0.05, 0.1) is 33.1 Å². The van der Waals surface area contributed by atoms with Gasteiger partial charge in [0.2, 0.25) is 13.4 Å². The van der Waals surface area contributed by atoms with Crippen LogP contribution in [0.2, 0.25) is 0 Å². The second kappa shape index (κ2) is 13.1. The molecule has 0 saturated carbocycles. The Morgan fingerprint density at radius 1 is 0.323 bits per heavy atom. The van der Waals surface area contributed by atoms with Gasteiger partial charge in [-0.2, -0.15) is 0 Å². The van der Waals surface area contributed by atoms with Crippen molar-refractivity contribution in [3.05, 3.63) is 197 Å². The van der Waals surface area contributed by atoms with Gasteiger partial charge in [-0.25, -0.2) is 0 Å². The van der Waals surface area contributed by atoms with Crippen LogP contribution in [0.1, 0.15) is 33.4 Å². The molecule has 65 heavy (non-hydrogen) atoms. The molecule has 0 spiro atoms. The maximum absolute atomic E-state index is 2.76. The second-order valence-corrected chi connectivity index (χ2v) is 19.2. The zero-order valence-corrected chi connectivity index (χ0v) is 37.6. The minimum Gasteiger partial charge on any atom is -0.311 e. The Hall–Kier alpha value is -7.49. The van der Waals surface area contributed by atoms with E-state index in [1.54, 1.807) is 0 Å². The van der Waals surface area contributed by atoms with Gasteiger partial charge in [-0.1, -0.05) is 160 Å². The van der Waals surface area contributed by atoms with Gasteiger partial charge in [-0.15, -0.1) is 0 Å². The maximum Gasteiger partial charge on any atom is 0.247 e. The molecule has 0 fully saturated rings. The van der Waals surface area contributed by atoms with E-state index >= 15 is 0 Å². The number of hydrogen-bond donors (Lipinski definition) is 0. The van der Waals surface area contributed by atoms with E-state index in [0.29, 0.717) is 0 Å². The highest BCUT2D eigenvalue weighted by molar-refractivity contribution is 7.02. The molecule has 0 amide bonds. The monoisotopic (exact) mass is 829 g/mol. The molecule has 0 unspecified atom stereocenters. The third-order valence-electron chi connectivity index (χ3n) is 15.3. The van der Waals surface area contributed by atoms with Crippen LogP contribution in [-0.4, -0.2) is 27.1 Å². The molecule has 306 valence electrons. The second-order valence-electron chi connectivity index (χ2n) is 19.2. The molecule has 0 bridgehead atoms. The van der Waals surface area contributed by atoms with Crippen molar-refractivity contribution in [2.45, 2.75) is 41.5 Å². The first-order valence-corrected chi connectivity index (χ1v) is 23.2. The first-order chi connectivity index (χ1) is 31.8. The maximum atomic E-state index is 2.76. The summed E-state index contributed by atoms with van der Waals surface area (Å²) >= 11 is 0. The molecule has 2 aliphatic heterocycles. The van der Waals surface area contributed by atoms with Gasteiger partial charge in [-0.3, -0.25) is 0 Å². The summed E-state index contributed by atoms with van der Waals surface area (Å²) in [7, 11) is 0. The summed E-state index contributed by atoms with van der Waals surface area (Å²) in [6, 6.07) is 62.4. The van der Waals surface area contributed by atoms with Crippen LogP contribution in [0.3, 0.4) is 0 Å². The predicted molar refractivity (Wildman–Crippen MR) is 280 cm³/mol. The Labute approximate surface area is 379 Å². The number of rotatable bonds is 4. The molecule has 2 aliphatic rings. The first kappa shape index (κ1) is 36.9. The minimum atomic E-state index is 0.0139. The van der Waals surface area contributed by atoms with E-state index in [1.807, 2.05) is 0 Å². The van der Waals surface area contributed by atoms with Gasteiger partial charge in [-0.05, 0) is 112 Å². The Morgan fingerprint density at radius 2 is 0.708 bits per heavy atom. The highest BCUT2D eigenvalue weighted by Gasteiger charge is 2.44. The van der Waals surface area contributed by atoms with E-state index in [0.717, 1.165) is 0 Å². The lowest BCUT2D eigenvalue weighted by molar-refractivity contribution is 1.17. The summed E-state index contributed by atoms with van der Waals surface area (Å²) < 4.78 is 7.83. The summed E-state index contributed by atoms with van der Waals surface area (Å²) in [5.41, 5.74) is 27.7. The molecule has 3 nitrogen and oxygen atoms in total. The van der Waals surface area contributed by atoms with Gasteiger partial charge >= 0.3 is 0 Å². The third-order valence-corrected chi connectivity index (χ3v) is 15.3. The van der Waals surface area contributed by atoms with Crippen molar-refractivity contribution < 1.29 is 0 Å². The van der Waals surface area contributed by atoms with Gasteiger partial charge in [0.25, 0.3) is 0 Å². The van der Waals surface area contributed by atoms with Crippen molar-refractivity contribution in [3.8, 4) is 17.1 Å². The van der Waals surface area contributed by atoms with Crippen LogP contribution in [0.15, 0.2) is 164 Å². The van der Waals surface area contributed by atoms with Crippen LogP contribution in [0.5, 0.6) is 0 Å². The van der Waals surface area contributed by atoms with Crippen molar-refractivity contribution in [1.82, 2.24) is 13.7 Å². The molecule has 14 rings (SSSR count). The Kier molecular flexibility index (Phi) is 7.42. The molecular weight excluding hydrogens is 784 g/mol. The summed E-state index contributed by atoms with van der Waals surface area (Å²) in [5, 5.41) is 7.91. The summed E-state index contributed by atoms with van der Waals surface area (Å²) in [6.45, 7) is 13.9. The highest BCUT2D eigenvalue weighted by atomic mass is 15.0. The number of para-hydroxylation sites is 5.